The van der Waals surface area contributed by atoms with Crippen LogP contribution in [-0.2, 0) is 6.54 Å². The zero-order valence-corrected chi connectivity index (χ0v) is 13.1. The van der Waals surface area contributed by atoms with Gasteiger partial charge in [0.1, 0.15) is 16.1 Å². The molecule has 1 fully saturated rings. The molecule has 6 heteroatoms. The summed E-state index contributed by atoms with van der Waals surface area (Å²) in [6.45, 7) is 0.432. The van der Waals surface area contributed by atoms with Crippen molar-refractivity contribution in [2.24, 2.45) is 0 Å². The lowest BCUT2D eigenvalue weighted by atomic mass is 10.1. The Hall–Kier alpha value is -1.65. The Morgan fingerprint density at radius 2 is 1.77 bits per heavy atom. The van der Waals surface area contributed by atoms with Gasteiger partial charge in [-0.05, 0) is 42.7 Å². The normalized spacial score (nSPS) is 14.0. The highest BCUT2D eigenvalue weighted by Gasteiger charge is 2.33. The summed E-state index contributed by atoms with van der Waals surface area (Å²) in [5.74, 6) is -0.432. The summed E-state index contributed by atoms with van der Waals surface area (Å²) < 4.78 is 13.0. The molecule has 1 aliphatic carbocycles. The predicted molar refractivity (Wildman–Crippen MR) is 83.6 cm³/mol. The molecule has 1 aromatic carbocycles. The minimum absolute atomic E-state index is 0.141. The summed E-state index contributed by atoms with van der Waals surface area (Å²) in [5, 5.41) is 0.377. The molecule has 3 nitrogen and oxygen atoms in total. The Kier molecular flexibility index (Phi) is 4.32. The van der Waals surface area contributed by atoms with Gasteiger partial charge in [0, 0.05) is 18.2 Å². The highest BCUT2D eigenvalue weighted by atomic mass is 35.5. The maximum Gasteiger partial charge on any atom is 0.254 e. The van der Waals surface area contributed by atoms with Crippen LogP contribution in [0.4, 0.5) is 4.39 Å². The van der Waals surface area contributed by atoms with Crippen molar-refractivity contribution in [1.29, 1.82) is 0 Å². The molecule has 0 radical (unpaired) electrons. The number of amides is 1. The quantitative estimate of drug-likeness (QED) is 0.777. The number of hydrogen-bond donors (Lipinski definition) is 0. The van der Waals surface area contributed by atoms with E-state index < -0.39 is 0 Å². The molecular weight excluding hydrogens is 326 g/mol. The van der Waals surface area contributed by atoms with E-state index in [9.17, 15) is 9.18 Å². The fourth-order valence-corrected chi connectivity index (χ4v) is 2.75. The lowest BCUT2D eigenvalue weighted by molar-refractivity contribution is 0.0730. The number of nitrogens with zero attached hydrogens (tertiary/aromatic N) is 2. The molecule has 0 aliphatic heterocycles. The summed E-state index contributed by atoms with van der Waals surface area (Å²) in [7, 11) is 0. The first-order valence-electron chi connectivity index (χ1n) is 6.91. The third-order valence-electron chi connectivity index (χ3n) is 3.52. The van der Waals surface area contributed by atoms with Crippen LogP contribution in [0, 0.1) is 5.82 Å². The summed E-state index contributed by atoms with van der Waals surface area (Å²) in [6.07, 6.45) is 1.94. The summed E-state index contributed by atoms with van der Waals surface area (Å²) in [4.78, 5) is 18.3. The van der Waals surface area contributed by atoms with Gasteiger partial charge in [0.05, 0.1) is 0 Å². The molecular formula is C16H13Cl2FN2O. The van der Waals surface area contributed by atoms with Crippen LogP contribution in [0.2, 0.25) is 10.3 Å². The van der Waals surface area contributed by atoms with Crippen LogP contribution in [0.25, 0.3) is 0 Å². The number of benzene rings is 1. The van der Waals surface area contributed by atoms with E-state index in [-0.39, 0.29) is 28.1 Å². The van der Waals surface area contributed by atoms with E-state index in [2.05, 4.69) is 4.98 Å². The molecule has 22 heavy (non-hydrogen) atoms. The van der Waals surface area contributed by atoms with E-state index in [1.165, 1.54) is 24.3 Å². The molecule has 0 atom stereocenters. The predicted octanol–water partition coefficient (Wildman–Crippen LogP) is 4.33. The summed E-state index contributed by atoms with van der Waals surface area (Å²) in [5.41, 5.74) is 1.30. The van der Waals surface area contributed by atoms with Crippen LogP contribution in [0.15, 0.2) is 36.4 Å². The van der Waals surface area contributed by atoms with Gasteiger partial charge in [-0.25, -0.2) is 9.37 Å². The van der Waals surface area contributed by atoms with Gasteiger partial charge in [0.15, 0.2) is 0 Å². The Morgan fingerprint density at radius 1 is 1.18 bits per heavy atom. The van der Waals surface area contributed by atoms with Crippen molar-refractivity contribution >= 4 is 29.1 Å². The van der Waals surface area contributed by atoms with Crippen LogP contribution in [0.3, 0.4) is 0 Å². The highest BCUT2D eigenvalue weighted by Crippen LogP contribution is 2.30. The number of rotatable bonds is 4. The van der Waals surface area contributed by atoms with Crippen molar-refractivity contribution in [1.82, 2.24) is 9.88 Å². The fourth-order valence-electron chi connectivity index (χ4n) is 2.29. The maximum absolute atomic E-state index is 13.0. The van der Waals surface area contributed by atoms with E-state index in [1.807, 2.05) is 0 Å². The largest absolute Gasteiger partial charge is 0.331 e. The van der Waals surface area contributed by atoms with Gasteiger partial charge in [-0.3, -0.25) is 4.79 Å². The van der Waals surface area contributed by atoms with Crippen molar-refractivity contribution in [3.05, 3.63) is 63.6 Å². The molecule has 1 aromatic heterocycles. The van der Waals surface area contributed by atoms with Crippen molar-refractivity contribution in [2.45, 2.75) is 25.4 Å². The lowest BCUT2D eigenvalue weighted by Gasteiger charge is -2.23. The van der Waals surface area contributed by atoms with Crippen molar-refractivity contribution in [2.75, 3.05) is 0 Å². The third kappa shape index (κ3) is 3.57. The first-order valence-corrected chi connectivity index (χ1v) is 7.67. The zero-order chi connectivity index (χ0) is 15.7. The monoisotopic (exact) mass is 338 g/mol. The van der Waals surface area contributed by atoms with Gasteiger partial charge in [-0.2, -0.15) is 0 Å². The molecule has 2 aromatic rings. The molecule has 1 heterocycles. The van der Waals surface area contributed by atoms with Crippen LogP contribution >= 0.6 is 23.2 Å². The Labute approximate surface area is 137 Å². The molecule has 0 spiro atoms. The first kappa shape index (κ1) is 15.3. The molecule has 0 bridgehead atoms. The second-order valence-electron chi connectivity index (χ2n) is 5.29. The maximum atomic E-state index is 13.0. The molecule has 1 amide bonds. The Bertz CT molecular complexity index is 682. The van der Waals surface area contributed by atoms with Gasteiger partial charge >= 0.3 is 0 Å². The van der Waals surface area contributed by atoms with Gasteiger partial charge in [0.25, 0.3) is 5.91 Å². The van der Waals surface area contributed by atoms with E-state index in [1.54, 1.807) is 17.0 Å². The van der Waals surface area contributed by atoms with Crippen molar-refractivity contribution in [3.63, 3.8) is 0 Å². The Balaban J connectivity index is 1.84. The number of halogens is 3. The second-order valence-corrected chi connectivity index (χ2v) is 6.07. The van der Waals surface area contributed by atoms with Crippen LogP contribution in [0.1, 0.15) is 28.8 Å². The fraction of sp³-hybridized carbons (Fsp3) is 0.250. The summed E-state index contributed by atoms with van der Waals surface area (Å²) >= 11 is 11.7. The highest BCUT2D eigenvalue weighted by molar-refractivity contribution is 6.33. The van der Waals surface area contributed by atoms with E-state index in [0.717, 1.165) is 18.4 Å². The zero-order valence-electron chi connectivity index (χ0n) is 11.6. The van der Waals surface area contributed by atoms with Gasteiger partial charge in [-0.15, -0.1) is 0 Å². The number of pyridine rings is 1. The average Bonchev–Trinajstić information content (AvgIpc) is 3.29. The van der Waals surface area contributed by atoms with E-state index >= 15 is 0 Å². The third-order valence-corrected chi connectivity index (χ3v) is 3.91. The lowest BCUT2D eigenvalue weighted by Crippen LogP contribution is -2.32. The van der Waals surface area contributed by atoms with Gasteiger partial charge in [-0.1, -0.05) is 35.3 Å². The molecule has 0 unspecified atom stereocenters. The smallest absolute Gasteiger partial charge is 0.254 e. The van der Waals surface area contributed by atoms with Crippen LogP contribution in [-0.4, -0.2) is 21.8 Å². The number of carbonyl (C=O) groups excluding carboxylic acids is 1. The molecule has 1 saturated carbocycles. The van der Waals surface area contributed by atoms with E-state index in [4.69, 9.17) is 23.2 Å². The van der Waals surface area contributed by atoms with Crippen LogP contribution < -0.4 is 0 Å². The number of aromatic nitrogens is 1. The standard InChI is InChI=1S/C16H13Cl2FN2O/c17-14-7-11(8-15(18)20-14)16(22)21(13-5-6-13)9-10-1-3-12(19)4-2-10/h1-4,7-8,13H,5-6,9H2. The minimum atomic E-state index is -0.291. The molecule has 0 N–H and O–H groups in total. The molecule has 3 rings (SSSR count). The molecule has 1 aliphatic rings. The van der Waals surface area contributed by atoms with Crippen molar-refractivity contribution < 1.29 is 9.18 Å². The Morgan fingerprint density at radius 3 is 2.32 bits per heavy atom. The summed E-state index contributed by atoms with van der Waals surface area (Å²) in [6, 6.07) is 9.39. The minimum Gasteiger partial charge on any atom is -0.331 e. The SMILES string of the molecule is O=C(c1cc(Cl)nc(Cl)c1)N(Cc1ccc(F)cc1)C1CC1. The second kappa shape index (κ2) is 6.23. The van der Waals surface area contributed by atoms with Crippen molar-refractivity contribution in [3.8, 4) is 0 Å². The number of hydrogen-bond acceptors (Lipinski definition) is 2. The van der Waals surface area contributed by atoms with Gasteiger partial charge in [0.2, 0.25) is 0 Å². The first-order chi connectivity index (χ1) is 10.5. The van der Waals surface area contributed by atoms with Crippen LogP contribution in [0.5, 0.6) is 0 Å². The van der Waals surface area contributed by atoms with Gasteiger partial charge < -0.3 is 4.90 Å². The van der Waals surface area contributed by atoms with E-state index in [0.29, 0.717) is 12.1 Å². The average molecular weight is 339 g/mol. The molecule has 0 saturated heterocycles. The number of carbonyl (C=O) groups is 1. The topological polar surface area (TPSA) is 33.2 Å². The molecule has 114 valence electrons.